The molecule has 2 atom stereocenters. The summed E-state index contributed by atoms with van der Waals surface area (Å²) in [5, 5.41) is 0.208. The summed E-state index contributed by atoms with van der Waals surface area (Å²) < 4.78 is 58.3. The monoisotopic (exact) mass is 511 g/mol. The van der Waals surface area contributed by atoms with E-state index in [1.165, 1.54) is 30.3 Å². The minimum atomic E-state index is -4.88. The molecule has 0 fully saturated rings. The molecule has 11 heteroatoms. The number of hydrogen-bond donors (Lipinski definition) is 1. The summed E-state index contributed by atoms with van der Waals surface area (Å²) in [5.74, 6) is -2.08. The maximum atomic E-state index is 13.6. The van der Waals surface area contributed by atoms with Gasteiger partial charge in [-0.15, -0.1) is 0 Å². The first kappa shape index (κ1) is 26.5. The molecule has 0 aliphatic heterocycles. The number of carbonyl (C=O) groups excluding carboxylic acids is 1. The smallest absolute Gasteiger partial charge is 0.362 e. The van der Waals surface area contributed by atoms with Crippen molar-refractivity contribution >= 4 is 17.4 Å². The SMILES string of the molecule is CO[C@](C)(C(=O)CC(C)c1ccc(Cl)c(-c2nc(-c3ccc(F)c(C)c3)nc(=O)[nH]2)c1)C(F)(F)F. The molecular weight excluding hydrogens is 490 g/mol. The van der Waals surface area contributed by atoms with Crippen LogP contribution in [0.3, 0.4) is 0 Å². The molecule has 0 saturated carbocycles. The van der Waals surface area contributed by atoms with Crippen LogP contribution in [0.4, 0.5) is 17.6 Å². The number of aromatic amines is 1. The van der Waals surface area contributed by atoms with Crippen molar-refractivity contribution < 1.29 is 27.1 Å². The Kier molecular flexibility index (Phi) is 7.47. The molecule has 1 heterocycles. The molecular formula is C24H22ClF4N3O3. The van der Waals surface area contributed by atoms with Crippen LogP contribution in [0.15, 0.2) is 41.2 Å². The summed E-state index contributed by atoms with van der Waals surface area (Å²) in [7, 11) is 0.835. The second-order valence-corrected chi connectivity index (χ2v) is 8.70. The molecule has 6 nitrogen and oxygen atoms in total. The summed E-state index contributed by atoms with van der Waals surface area (Å²) in [6.07, 6.45) is -5.33. The van der Waals surface area contributed by atoms with E-state index in [0.29, 0.717) is 23.6 Å². The lowest BCUT2D eigenvalue weighted by molar-refractivity contribution is -0.252. The summed E-state index contributed by atoms with van der Waals surface area (Å²) >= 11 is 6.33. The Labute approximate surface area is 203 Å². The fraction of sp³-hybridized carbons (Fsp3) is 0.333. The molecule has 3 aromatic rings. The molecule has 0 bridgehead atoms. The number of nitrogens with one attached hydrogen (secondary N) is 1. The number of H-pyrrole nitrogens is 1. The highest BCUT2D eigenvalue weighted by atomic mass is 35.5. The van der Waals surface area contributed by atoms with Crippen LogP contribution in [0.2, 0.25) is 5.02 Å². The molecule has 1 N–H and O–H groups in total. The molecule has 0 saturated heterocycles. The Morgan fingerprint density at radius 1 is 1.17 bits per heavy atom. The number of ketones is 1. The van der Waals surface area contributed by atoms with Crippen LogP contribution in [0.5, 0.6) is 0 Å². The van der Waals surface area contributed by atoms with E-state index in [1.54, 1.807) is 19.9 Å². The number of benzene rings is 2. The van der Waals surface area contributed by atoms with Crippen LogP contribution in [0.1, 0.15) is 37.3 Å². The van der Waals surface area contributed by atoms with Crippen molar-refractivity contribution in [2.45, 2.75) is 44.9 Å². The summed E-state index contributed by atoms with van der Waals surface area (Å²) in [5.41, 5.74) is -2.12. The average molecular weight is 512 g/mol. The maximum Gasteiger partial charge on any atom is 0.424 e. The van der Waals surface area contributed by atoms with E-state index in [4.69, 9.17) is 11.6 Å². The average Bonchev–Trinajstić information content (AvgIpc) is 2.79. The Hall–Kier alpha value is -3.11. The lowest BCUT2D eigenvalue weighted by Crippen LogP contribution is -2.51. The number of aryl methyl sites for hydroxylation is 1. The molecule has 0 spiro atoms. The van der Waals surface area contributed by atoms with Crippen LogP contribution < -0.4 is 5.69 Å². The summed E-state index contributed by atoms with van der Waals surface area (Å²) in [4.78, 5) is 35.4. The van der Waals surface area contributed by atoms with E-state index >= 15 is 0 Å². The fourth-order valence-corrected chi connectivity index (χ4v) is 3.64. The van der Waals surface area contributed by atoms with Crippen molar-refractivity contribution in [3.05, 3.63) is 68.8 Å². The first-order valence-electron chi connectivity index (χ1n) is 10.5. The molecule has 1 aromatic heterocycles. The van der Waals surface area contributed by atoms with Gasteiger partial charge in [-0.3, -0.25) is 9.78 Å². The van der Waals surface area contributed by atoms with Gasteiger partial charge in [-0.25, -0.2) is 14.2 Å². The maximum absolute atomic E-state index is 13.6. The summed E-state index contributed by atoms with van der Waals surface area (Å²) in [6.45, 7) is 3.84. The number of rotatable bonds is 7. The van der Waals surface area contributed by atoms with Gasteiger partial charge in [-0.1, -0.05) is 24.6 Å². The van der Waals surface area contributed by atoms with Gasteiger partial charge in [-0.05, 0) is 61.2 Å². The zero-order valence-electron chi connectivity index (χ0n) is 19.3. The molecule has 0 aliphatic rings. The number of methoxy groups -OCH3 is 1. The minimum absolute atomic E-state index is 0.0394. The normalized spacial score (nSPS) is 14.4. The van der Waals surface area contributed by atoms with Gasteiger partial charge in [0.05, 0.1) is 5.02 Å². The van der Waals surface area contributed by atoms with E-state index in [9.17, 15) is 27.2 Å². The van der Waals surface area contributed by atoms with Crippen LogP contribution >= 0.6 is 11.6 Å². The van der Waals surface area contributed by atoms with Crippen LogP contribution in [0, 0.1) is 12.7 Å². The highest BCUT2D eigenvalue weighted by molar-refractivity contribution is 6.33. The topological polar surface area (TPSA) is 84.9 Å². The lowest BCUT2D eigenvalue weighted by Gasteiger charge is -2.30. The second kappa shape index (κ2) is 9.87. The van der Waals surface area contributed by atoms with Gasteiger partial charge >= 0.3 is 11.9 Å². The van der Waals surface area contributed by atoms with Gasteiger partial charge in [0, 0.05) is 24.7 Å². The fourth-order valence-electron chi connectivity index (χ4n) is 3.43. The number of hydrogen-bond acceptors (Lipinski definition) is 5. The van der Waals surface area contributed by atoms with Gasteiger partial charge < -0.3 is 4.74 Å². The third-order valence-electron chi connectivity index (χ3n) is 5.85. The highest BCUT2D eigenvalue weighted by Gasteiger charge is 2.57. The number of Topliss-reactive ketones (excluding diaryl/α,β-unsaturated/α-hetero) is 1. The number of carbonyl (C=O) groups is 1. The number of nitrogens with zero attached hydrogens (tertiary/aromatic N) is 2. The van der Waals surface area contributed by atoms with E-state index in [1.807, 2.05) is 0 Å². The third kappa shape index (κ3) is 5.43. The van der Waals surface area contributed by atoms with Crippen molar-refractivity contribution in [1.82, 2.24) is 15.0 Å². The van der Waals surface area contributed by atoms with Crippen molar-refractivity contribution in [3.8, 4) is 22.8 Å². The molecule has 1 unspecified atom stereocenters. The Morgan fingerprint density at radius 2 is 1.86 bits per heavy atom. The number of aromatic nitrogens is 3. The first-order chi connectivity index (χ1) is 16.3. The van der Waals surface area contributed by atoms with Gasteiger partial charge in [-0.2, -0.15) is 18.2 Å². The minimum Gasteiger partial charge on any atom is -0.362 e. The van der Waals surface area contributed by atoms with E-state index in [2.05, 4.69) is 19.7 Å². The second-order valence-electron chi connectivity index (χ2n) is 8.29. The largest absolute Gasteiger partial charge is 0.424 e. The molecule has 0 radical (unpaired) electrons. The molecule has 3 rings (SSSR count). The van der Waals surface area contributed by atoms with Crippen molar-refractivity contribution in [2.24, 2.45) is 0 Å². The van der Waals surface area contributed by atoms with Crippen LogP contribution in [0.25, 0.3) is 22.8 Å². The predicted molar refractivity (Wildman–Crippen MR) is 123 cm³/mol. The number of alkyl halides is 3. The van der Waals surface area contributed by atoms with Crippen LogP contribution in [-0.4, -0.2) is 39.6 Å². The molecule has 2 aromatic carbocycles. The zero-order valence-corrected chi connectivity index (χ0v) is 20.0. The first-order valence-corrected chi connectivity index (χ1v) is 10.8. The van der Waals surface area contributed by atoms with Crippen molar-refractivity contribution in [1.29, 1.82) is 0 Å². The van der Waals surface area contributed by atoms with Gasteiger partial charge in [0.1, 0.15) is 11.6 Å². The lowest BCUT2D eigenvalue weighted by atomic mass is 9.88. The Balaban J connectivity index is 1.98. The van der Waals surface area contributed by atoms with E-state index < -0.39 is 41.4 Å². The van der Waals surface area contributed by atoms with Crippen molar-refractivity contribution in [2.75, 3.05) is 7.11 Å². The quantitative estimate of drug-likeness (QED) is 0.416. The van der Waals surface area contributed by atoms with Gasteiger partial charge in [0.25, 0.3) is 0 Å². The molecule has 35 heavy (non-hydrogen) atoms. The van der Waals surface area contributed by atoms with Crippen LogP contribution in [-0.2, 0) is 9.53 Å². The van der Waals surface area contributed by atoms with E-state index in [0.717, 1.165) is 7.11 Å². The molecule has 186 valence electrons. The number of halogens is 5. The van der Waals surface area contributed by atoms with Gasteiger partial charge in [0.2, 0.25) is 5.60 Å². The van der Waals surface area contributed by atoms with Crippen molar-refractivity contribution in [3.63, 3.8) is 0 Å². The Bertz CT molecular complexity index is 1330. The highest BCUT2D eigenvalue weighted by Crippen LogP contribution is 2.37. The summed E-state index contributed by atoms with van der Waals surface area (Å²) in [6, 6.07) is 8.76. The van der Waals surface area contributed by atoms with E-state index in [-0.39, 0.29) is 22.2 Å². The molecule has 0 amide bonds. The zero-order chi connectivity index (χ0) is 26.1. The Morgan fingerprint density at radius 3 is 2.46 bits per heavy atom. The standard InChI is InChI=1S/C24H22ClF4N3O3/c1-12(10-19(33)23(3,35-4)24(27,28)29)14-5-7-17(25)16(11-14)21-30-20(31-22(34)32-21)15-6-8-18(26)13(2)9-15/h5-9,11-12H,10H2,1-4H3,(H,30,31,32,34)/t12?,23-/m1/s1. The number of ether oxygens (including phenoxy) is 1. The predicted octanol–water partition coefficient (Wildman–Crippen LogP) is 5.63. The molecule has 0 aliphatic carbocycles. The third-order valence-corrected chi connectivity index (χ3v) is 6.18. The van der Waals surface area contributed by atoms with Gasteiger partial charge in [0.15, 0.2) is 11.6 Å².